The summed E-state index contributed by atoms with van der Waals surface area (Å²) in [5, 5.41) is 9.17. The van der Waals surface area contributed by atoms with Gasteiger partial charge in [-0.15, -0.1) is 0 Å². The molecule has 122 valence electrons. The maximum absolute atomic E-state index is 13.1. The van der Waals surface area contributed by atoms with Gasteiger partial charge in [0.1, 0.15) is 5.60 Å². The molecule has 1 aromatic rings. The molecule has 0 aliphatic rings. The van der Waals surface area contributed by atoms with Crippen molar-refractivity contribution >= 4 is 11.9 Å². The Balaban J connectivity index is 2.89. The number of rotatable bonds is 5. The maximum atomic E-state index is 13.1. The van der Waals surface area contributed by atoms with Crippen molar-refractivity contribution in [2.75, 3.05) is 0 Å². The molecule has 0 heterocycles. The highest BCUT2D eigenvalue weighted by Gasteiger charge is 2.36. The number of ether oxygens (including phenoxy) is 1. The normalized spacial score (nSPS) is 14.3. The van der Waals surface area contributed by atoms with Gasteiger partial charge in [0, 0.05) is 6.04 Å². The molecule has 5 nitrogen and oxygen atoms in total. The van der Waals surface area contributed by atoms with Gasteiger partial charge in [-0.25, -0.2) is 8.78 Å². The molecule has 2 atom stereocenters. The molecule has 22 heavy (non-hydrogen) atoms. The molecule has 0 radical (unpaired) electrons. The van der Waals surface area contributed by atoms with Crippen LogP contribution in [0.4, 0.5) is 8.78 Å². The molecule has 0 amide bonds. The molecule has 1 rings (SSSR count). The number of hydrogen-bond donors (Lipinski definition) is 2. The Morgan fingerprint density at radius 1 is 1.27 bits per heavy atom. The van der Waals surface area contributed by atoms with Gasteiger partial charge in [-0.1, -0.05) is 6.07 Å². The quantitative estimate of drug-likeness (QED) is 0.639. The van der Waals surface area contributed by atoms with Crippen molar-refractivity contribution in [2.45, 2.75) is 38.8 Å². The monoisotopic (exact) mass is 315 g/mol. The van der Waals surface area contributed by atoms with Crippen LogP contribution in [0.3, 0.4) is 0 Å². The number of nitrogens with two attached hydrogens (primary N) is 1. The molecule has 7 heteroatoms. The van der Waals surface area contributed by atoms with Crippen LogP contribution in [0.1, 0.15) is 26.3 Å². The second kappa shape index (κ2) is 6.83. The van der Waals surface area contributed by atoms with Crippen molar-refractivity contribution in [3.63, 3.8) is 0 Å². The molecule has 0 aromatic heterocycles. The zero-order valence-electron chi connectivity index (χ0n) is 12.6. The molecule has 0 saturated heterocycles. The second-order valence-corrected chi connectivity index (χ2v) is 5.97. The Morgan fingerprint density at radius 3 is 2.32 bits per heavy atom. The van der Waals surface area contributed by atoms with Crippen molar-refractivity contribution < 1.29 is 28.2 Å². The lowest BCUT2D eigenvalue weighted by Crippen LogP contribution is -2.45. The Hall–Kier alpha value is -2.02. The van der Waals surface area contributed by atoms with Gasteiger partial charge in [0.15, 0.2) is 17.6 Å². The molecule has 0 unspecified atom stereocenters. The summed E-state index contributed by atoms with van der Waals surface area (Å²) in [6.45, 7) is 4.81. The fourth-order valence-corrected chi connectivity index (χ4v) is 1.88. The summed E-state index contributed by atoms with van der Waals surface area (Å²) in [5.41, 5.74) is 5.20. The number of hydrogen-bond acceptors (Lipinski definition) is 4. The SMILES string of the molecule is CC(C)(C)OC(=O)[C@H](C(=O)O)[C@H](N)Cc1ccc(F)c(F)c1. The molecule has 0 saturated carbocycles. The van der Waals surface area contributed by atoms with Crippen LogP contribution in [0, 0.1) is 17.6 Å². The summed E-state index contributed by atoms with van der Waals surface area (Å²) in [4.78, 5) is 23.2. The van der Waals surface area contributed by atoms with Gasteiger partial charge in [0.25, 0.3) is 0 Å². The van der Waals surface area contributed by atoms with Crippen LogP contribution in [-0.4, -0.2) is 28.7 Å². The van der Waals surface area contributed by atoms with Crippen molar-refractivity contribution in [3.8, 4) is 0 Å². The van der Waals surface area contributed by atoms with E-state index in [-0.39, 0.29) is 6.42 Å². The minimum Gasteiger partial charge on any atom is -0.481 e. The van der Waals surface area contributed by atoms with Crippen LogP contribution in [0.15, 0.2) is 18.2 Å². The lowest BCUT2D eigenvalue weighted by Gasteiger charge is -2.25. The van der Waals surface area contributed by atoms with E-state index in [2.05, 4.69) is 0 Å². The first-order valence-electron chi connectivity index (χ1n) is 6.66. The number of carboxylic acid groups (broad SMARTS) is 1. The predicted octanol–water partition coefficient (Wildman–Crippen LogP) is 1.88. The summed E-state index contributed by atoms with van der Waals surface area (Å²) in [6.07, 6.45) is -0.104. The van der Waals surface area contributed by atoms with E-state index in [0.29, 0.717) is 5.56 Å². The molecule has 0 bridgehead atoms. The van der Waals surface area contributed by atoms with E-state index < -0.39 is 41.1 Å². The number of halogens is 2. The topological polar surface area (TPSA) is 89.6 Å². The maximum Gasteiger partial charge on any atom is 0.322 e. The minimum absolute atomic E-state index is 0.104. The van der Waals surface area contributed by atoms with E-state index in [1.54, 1.807) is 20.8 Å². The highest BCUT2D eigenvalue weighted by Crippen LogP contribution is 2.17. The number of carbonyl (C=O) groups excluding carboxylic acids is 1. The van der Waals surface area contributed by atoms with Gasteiger partial charge in [-0.2, -0.15) is 0 Å². The van der Waals surface area contributed by atoms with Crippen LogP contribution in [-0.2, 0) is 20.7 Å². The molecule has 0 spiro atoms. The first-order chi connectivity index (χ1) is 10.0. The summed E-state index contributed by atoms with van der Waals surface area (Å²) >= 11 is 0. The largest absolute Gasteiger partial charge is 0.481 e. The highest BCUT2D eigenvalue weighted by molar-refractivity contribution is 5.95. The predicted molar refractivity (Wildman–Crippen MR) is 75.0 cm³/mol. The fraction of sp³-hybridized carbons (Fsp3) is 0.467. The third-order valence-corrected chi connectivity index (χ3v) is 2.81. The summed E-state index contributed by atoms with van der Waals surface area (Å²) in [5.74, 6) is -6.06. The first kappa shape index (κ1) is 18.0. The summed E-state index contributed by atoms with van der Waals surface area (Å²) in [7, 11) is 0. The van der Waals surface area contributed by atoms with Crippen LogP contribution < -0.4 is 5.73 Å². The number of benzene rings is 1. The number of esters is 1. The van der Waals surface area contributed by atoms with Gasteiger partial charge >= 0.3 is 11.9 Å². The van der Waals surface area contributed by atoms with Crippen molar-refractivity contribution in [1.82, 2.24) is 0 Å². The number of aliphatic carboxylic acids is 1. The Morgan fingerprint density at radius 2 is 1.86 bits per heavy atom. The molecular formula is C15H19F2NO4. The molecule has 0 aliphatic carbocycles. The van der Waals surface area contributed by atoms with Gasteiger partial charge in [0.2, 0.25) is 0 Å². The third kappa shape index (κ3) is 5.07. The average Bonchev–Trinajstić information content (AvgIpc) is 2.31. The standard InChI is InChI=1S/C15H19F2NO4/c1-15(2,3)22-14(21)12(13(19)20)11(18)7-8-4-5-9(16)10(17)6-8/h4-6,11-12H,7,18H2,1-3H3,(H,19,20)/t11-,12+/m1/s1. The van der Waals surface area contributed by atoms with E-state index >= 15 is 0 Å². The smallest absolute Gasteiger partial charge is 0.322 e. The lowest BCUT2D eigenvalue weighted by atomic mass is 9.94. The van der Waals surface area contributed by atoms with Crippen LogP contribution in [0.25, 0.3) is 0 Å². The van der Waals surface area contributed by atoms with E-state index in [0.717, 1.165) is 12.1 Å². The molecule has 1 aromatic carbocycles. The Labute approximate surface area is 127 Å². The minimum atomic E-state index is -1.59. The highest BCUT2D eigenvalue weighted by atomic mass is 19.2. The number of carboxylic acids is 1. The van der Waals surface area contributed by atoms with E-state index in [4.69, 9.17) is 10.5 Å². The fourth-order valence-electron chi connectivity index (χ4n) is 1.88. The van der Waals surface area contributed by atoms with Gasteiger partial charge in [0.05, 0.1) is 0 Å². The van der Waals surface area contributed by atoms with E-state index in [9.17, 15) is 23.5 Å². The van der Waals surface area contributed by atoms with Crippen molar-refractivity contribution in [1.29, 1.82) is 0 Å². The number of carbonyl (C=O) groups is 2. The lowest BCUT2D eigenvalue weighted by molar-refractivity contribution is -0.167. The van der Waals surface area contributed by atoms with Crippen LogP contribution in [0.2, 0.25) is 0 Å². The van der Waals surface area contributed by atoms with Crippen LogP contribution in [0.5, 0.6) is 0 Å². The van der Waals surface area contributed by atoms with Crippen molar-refractivity contribution in [3.05, 3.63) is 35.4 Å². The Kier molecular flexibility index (Phi) is 5.59. The third-order valence-electron chi connectivity index (χ3n) is 2.81. The molecular weight excluding hydrogens is 296 g/mol. The zero-order valence-corrected chi connectivity index (χ0v) is 12.6. The summed E-state index contributed by atoms with van der Waals surface area (Å²) in [6, 6.07) is 1.99. The average molecular weight is 315 g/mol. The summed E-state index contributed by atoms with van der Waals surface area (Å²) < 4.78 is 31.0. The van der Waals surface area contributed by atoms with Gasteiger partial charge in [-0.3, -0.25) is 9.59 Å². The first-order valence-corrected chi connectivity index (χ1v) is 6.66. The zero-order chi connectivity index (χ0) is 17.1. The molecule has 0 aliphatic heterocycles. The van der Waals surface area contributed by atoms with Crippen LogP contribution >= 0.6 is 0 Å². The van der Waals surface area contributed by atoms with Crippen molar-refractivity contribution in [2.24, 2.45) is 11.7 Å². The van der Waals surface area contributed by atoms with Gasteiger partial charge in [-0.05, 0) is 44.9 Å². The molecule has 0 fully saturated rings. The second-order valence-electron chi connectivity index (χ2n) is 5.97. The van der Waals surface area contributed by atoms with E-state index in [1.807, 2.05) is 0 Å². The molecule has 3 N–H and O–H groups in total. The Bertz CT molecular complexity index is 569. The van der Waals surface area contributed by atoms with Gasteiger partial charge < -0.3 is 15.6 Å². The van der Waals surface area contributed by atoms with E-state index in [1.165, 1.54) is 6.07 Å².